The second kappa shape index (κ2) is 5.31. The fourth-order valence-electron chi connectivity index (χ4n) is 2.78. The predicted molar refractivity (Wildman–Crippen MR) is 77.3 cm³/mol. The Balaban J connectivity index is 2.58. The van der Waals surface area contributed by atoms with E-state index >= 15 is 0 Å². The minimum Gasteiger partial charge on any atom is -0.480 e. The van der Waals surface area contributed by atoms with Gasteiger partial charge in [0.2, 0.25) is 0 Å². The van der Waals surface area contributed by atoms with Crippen LogP contribution in [0.3, 0.4) is 0 Å². The number of fused-ring (bicyclic) bond motifs is 1. The van der Waals surface area contributed by atoms with Gasteiger partial charge >= 0.3 is 5.97 Å². The molecular formula is C16H19NO4. The van der Waals surface area contributed by atoms with Crippen LogP contribution < -0.4 is 0 Å². The molecule has 0 fully saturated rings. The molecule has 0 bridgehead atoms. The number of aliphatic carboxylic acids is 1. The van der Waals surface area contributed by atoms with Crippen molar-refractivity contribution in [3.8, 4) is 0 Å². The molecule has 2 unspecified atom stereocenters. The maximum atomic E-state index is 12.6. The van der Waals surface area contributed by atoms with Crippen molar-refractivity contribution in [1.82, 2.24) is 4.90 Å². The molecule has 1 aromatic rings. The van der Waals surface area contributed by atoms with E-state index in [9.17, 15) is 19.5 Å². The number of hydrogen-bond donors (Lipinski definition) is 1. The SMILES string of the molecule is CCC(C)C(C(=O)O)N1C(=O)c2c(C)ccc(C)c2C1=O. The van der Waals surface area contributed by atoms with Gasteiger partial charge < -0.3 is 5.11 Å². The number of imide groups is 1. The van der Waals surface area contributed by atoms with E-state index < -0.39 is 23.8 Å². The van der Waals surface area contributed by atoms with Gasteiger partial charge in [0.25, 0.3) is 11.8 Å². The molecular weight excluding hydrogens is 270 g/mol. The summed E-state index contributed by atoms with van der Waals surface area (Å²) in [5.74, 6) is -2.44. The summed E-state index contributed by atoms with van der Waals surface area (Å²) in [6.45, 7) is 7.09. The largest absolute Gasteiger partial charge is 0.480 e. The lowest BCUT2D eigenvalue weighted by Crippen LogP contribution is -2.48. The third-order valence-electron chi connectivity index (χ3n) is 4.20. The first-order valence-electron chi connectivity index (χ1n) is 7.02. The first kappa shape index (κ1) is 15.2. The summed E-state index contributed by atoms with van der Waals surface area (Å²) in [7, 11) is 0. The third kappa shape index (κ3) is 2.22. The zero-order valence-corrected chi connectivity index (χ0v) is 12.6. The van der Waals surface area contributed by atoms with Gasteiger partial charge in [-0.1, -0.05) is 32.4 Å². The number of benzene rings is 1. The lowest BCUT2D eigenvalue weighted by Gasteiger charge is -2.27. The van der Waals surface area contributed by atoms with Crippen LogP contribution in [0, 0.1) is 19.8 Å². The Hall–Kier alpha value is -2.17. The minimum absolute atomic E-state index is 0.301. The zero-order chi connectivity index (χ0) is 15.9. The van der Waals surface area contributed by atoms with Gasteiger partial charge in [-0.25, -0.2) is 4.79 Å². The van der Waals surface area contributed by atoms with Crippen LogP contribution in [0.2, 0.25) is 0 Å². The molecule has 0 aromatic heterocycles. The highest BCUT2D eigenvalue weighted by atomic mass is 16.4. The quantitative estimate of drug-likeness (QED) is 0.864. The molecule has 112 valence electrons. The monoisotopic (exact) mass is 289 g/mol. The first-order chi connectivity index (χ1) is 9.81. The Labute approximate surface area is 123 Å². The Bertz CT molecular complexity index is 594. The number of aryl methyl sites for hydroxylation is 2. The number of carboxylic acids is 1. The second-order valence-electron chi connectivity index (χ2n) is 5.60. The summed E-state index contributed by atoms with van der Waals surface area (Å²) in [5, 5.41) is 9.44. The van der Waals surface area contributed by atoms with Crippen molar-refractivity contribution < 1.29 is 19.5 Å². The Morgan fingerprint density at radius 3 is 1.90 bits per heavy atom. The van der Waals surface area contributed by atoms with E-state index in [0.717, 1.165) is 4.90 Å². The number of carbonyl (C=O) groups excluding carboxylic acids is 2. The fourth-order valence-corrected chi connectivity index (χ4v) is 2.78. The Morgan fingerprint density at radius 1 is 1.14 bits per heavy atom. The fraction of sp³-hybridized carbons (Fsp3) is 0.438. The minimum atomic E-state index is -1.14. The molecule has 5 heteroatoms. The molecule has 1 aliphatic heterocycles. The van der Waals surface area contributed by atoms with Crippen LogP contribution in [0.25, 0.3) is 0 Å². The van der Waals surface area contributed by atoms with Crippen LogP contribution in [0.4, 0.5) is 0 Å². The molecule has 2 rings (SSSR count). The average molecular weight is 289 g/mol. The standard InChI is InChI=1S/C16H19NO4/c1-5-8(2)13(16(20)21)17-14(18)11-9(3)6-7-10(4)12(11)15(17)19/h6-8,13H,5H2,1-4H3,(H,20,21). The number of carbonyl (C=O) groups is 3. The van der Waals surface area contributed by atoms with Gasteiger partial charge in [0, 0.05) is 0 Å². The highest BCUT2D eigenvalue weighted by Crippen LogP contribution is 2.32. The number of carboxylic acid groups (broad SMARTS) is 1. The lowest BCUT2D eigenvalue weighted by molar-refractivity contribution is -0.143. The average Bonchev–Trinajstić information content (AvgIpc) is 2.68. The summed E-state index contributed by atoms with van der Waals surface area (Å²) < 4.78 is 0. The molecule has 5 nitrogen and oxygen atoms in total. The summed E-state index contributed by atoms with van der Waals surface area (Å²) in [5.41, 5.74) is 2.08. The molecule has 1 N–H and O–H groups in total. The van der Waals surface area contributed by atoms with Crippen LogP contribution >= 0.6 is 0 Å². The van der Waals surface area contributed by atoms with Crippen LogP contribution in [-0.2, 0) is 4.79 Å². The van der Waals surface area contributed by atoms with Crippen LogP contribution in [0.1, 0.15) is 52.1 Å². The van der Waals surface area contributed by atoms with Gasteiger partial charge in [0.15, 0.2) is 0 Å². The van der Waals surface area contributed by atoms with E-state index in [-0.39, 0.29) is 5.92 Å². The number of amides is 2. The van der Waals surface area contributed by atoms with Gasteiger partial charge in [0.05, 0.1) is 11.1 Å². The Morgan fingerprint density at radius 2 is 1.57 bits per heavy atom. The molecule has 0 saturated heterocycles. The molecule has 0 spiro atoms. The molecule has 0 saturated carbocycles. The van der Waals surface area contributed by atoms with Crippen molar-refractivity contribution in [1.29, 1.82) is 0 Å². The maximum Gasteiger partial charge on any atom is 0.327 e. The number of rotatable bonds is 4. The van der Waals surface area contributed by atoms with E-state index in [2.05, 4.69) is 0 Å². The highest BCUT2D eigenvalue weighted by Gasteiger charge is 2.45. The van der Waals surface area contributed by atoms with E-state index in [1.807, 2.05) is 6.92 Å². The molecule has 0 radical (unpaired) electrons. The molecule has 2 amide bonds. The first-order valence-corrected chi connectivity index (χ1v) is 7.02. The van der Waals surface area contributed by atoms with Crippen molar-refractivity contribution >= 4 is 17.8 Å². The maximum absolute atomic E-state index is 12.6. The van der Waals surface area contributed by atoms with Crippen LogP contribution in [0.15, 0.2) is 12.1 Å². The normalized spacial score (nSPS) is 16.9. The third-order valence-corrected chi connectivity index (χ3v) is 4.20. The molecule has 1 aliphatic rings. The van der Waals surface area contributed by atoms with Crippen LogP contribution in [-0.4, -0.2) is 33.8 Å². The second-order valence-corrected chi connectivity index (χ2v) is 5.60. The summed E-state index contributed by atoms with van der Waals surface area (Å²) in [6.07, 6.45) is 0.572. The van der Waals surface area contributed by atoms with Gasteiger partial charge in [-0.2, -0.15) is 0 Å². The molecule has 1 heterocycles. The number of hydrogen-bond acceptors (Lipinski definition) is 3. The molecule has 2 atom stereocenters. The zero-order valence-electron chi connectivity index (χ0n) is 12.6. The summed E-state index contributed by atoms with van der Waals surface area (Å²) in [4.78, 5) is 37.6. The molecule has 1 aromatic carbocycles. The molecule has 21 heavy (non-hydrogen) atoms. The van der Waals surface area contributed by atoms with E-state index in [0.29, 0.717) is 28.7 Å². The van der Waals surface area contributed by atoms with Gasteiger partial charge in [-0.05, 0) is 30.9 Å². The molecule has 0 aliphatic carbocycles. The smallest absolute Gasteiger partial charge is 0.327 e. The summed E-state index contributed by atoms with van der Waals surface area (Å²) >= 11 is 0. The van der Waals surface area contributed by atoms with Crippen molar-refractivity contribution in [2.75, 3.05) is 0 Å². The Kier molecular flexibility index (Phi) is 3.85. The van der Waals surface area contributed by atoms with Crippen molar-refractivity contribution in [3.05, 3.63) is 34.4 Å². The predicted octanol–water partition coefficient (Wildman–Crippen LogP) is 2.40. The highest BCUT2D eigenvalue weighted by molar-refractivity contribution is 6.23. The van der Waals surface area contributed by atoms with E-state index in [4.69, 9.17) is 0 Å². The van der Waals surface area contributed by atoms with Crippen molar-refractivity contribution in [2.45, 2.75) is 40.2 Å². The van der Waals surface area contributed by atoms with E-state index in [1.165, 1.54) is 0 Å². The van der Waals surface area contributed by atoms with Gasteiger partial charge in [-0.15, -0.1) is 0 Å². The van der Waals surface area contributed by atoms with E-state index in [1.54, 1.807) is 32.9 Å². The van der Waals surface area contributed by atoms with Gasteiger partial charge in [-0.3, -0.25) is 14.5 Å². The van der Waals surface area contributed by atoms with Crippen molar-refractivity contribution in [3.63, 3.8) is 0 Å². The van der Waals surface area contributed by atoms with Crippen molar-refractivity contribution in [2.24, 2.45) is 5.92 Å². The lowest BCUT2D eigenvalue weighted by atomic mass is 9.97. The summed E-state index contributed by atoms with van der Waals surface area (Å²) in [6, 6.07) is 2.44. The number of nitrogens with zero attached hydrogens (tertiary/aromatic N) is 1. The van der Waals surface area contributed by atoms with Gasteiger partial charge in [0.1, 0.15) is 6.04 Å². The van der Waals surface area contributed by atoms with Crippen LogP contribution in [0.5, 0.6) is 0 Å². The topological polar surface area (TPSA) is 74.7 Å².